The average Bonchev–Trinajstić information content (AvgIpc) is 2.37. The van der Waals surface area contributed by atoms with Crippen LogP contribution in [0.4, 0.5) is 4.79 Å². The molecule has 0 bridgehead atoms. The van der Waals surface area contributed by atoms with Gasteiger partial charge in [0.05, 0.1) is 6.42 Å². The van der Waals surface area contributed by atoms with E-state index in [-0.39, 0.29) is 18.1 Å². The minimum Gasteiger partial charge on any atom is -0.508 e. The molecule has 4 N–H and O–H groups in total. The number of ether oxygens (including phenoxy) is 1. The maximum absolute atomic E-state index is 11.8. The lowest BCUT2D eigenvalue weighted by Gasteiger charge is -2.19. The zero-order valence-corrected chi connectivity index (χ0v) is 11.8. The molecule has 0 heterocycles. The first-order valence-corrected chi connectivity index (χ1v) is 6.37. The SMILES string of the molecule is CC(C)[C@@H](OC(=O)Cc1ccc(O)cc1)C(=O)NC(N)=O. The zero-order chi connectivity index (χ0) is 16.0. The fourth-order valence-electron chi connectivity index (χ4n) is 1.65. The third-order valence-corrected chi connectivity index (χ3v) is 2.65. The first-order valence-electron chi connectivity index (χ1n) is 6.37. The van der Waals surface area contributed by atoms with Crippen molar-refractivity contribution in [2.75, 3.05) is 0 Å². The highest BCUT2D eigenvalue weighted by Crippen LogP contribution is 2.12. The predicted molar refractivity (Wildman–Crippen MR) is 74.3 cm³/mol. The number of benzene rings is 1. The molecular weight excluding hydrogens is 276 g/mol. The number of hydrogen-bond acceptors (Lipinski definition) is 5. The number of carbonyl (C=O) groups excluding carboxylic acids is 3. The van der Waals surface area contributed by atoms with Gasteiger partial charge in [0.1, 0.15) is 5.75 Å². The molecule has 0 aromatic heterocycles. The molecule has 1 atom stereocenters. The molecule has 7 nitrogen and oxygen atoms in total. The van der Waals surface area contributed by atoms with E-state index in [9.17, 15) is 14.4 Å². The number of rotatable bonds is 5. The zero-order valence-electron chi connectivity index (χ0n) is 11.8. The summed E-state index contributed by atoms with van der Waals surface area (Å²) in [4.78, 5) is 34.2. The van der Waals surface area contributed by atoms with Crippen LogP contribution in [0.1, 0.15) is 19.4 Å². The molecular formula is C14H18N2O5. The minimum atomic E-state index is -1.10. The summed E-state index contributed by atoms with van der Waals surface area (Å²) in [6.07, 6.45) is -1.14. The molecule has 0 spiro atoms. The number of primary amides is 1. The van der Waals surface area contributed by atoms with Crippen LogP contribution >= 0.6 is 0 Å². The summed E-state index contributed by atoms with van der Waals surface area (Å²) in [7, 11) is 0. The van der Waals surface area contributed by atoms with Gasteiger partial charge < -0.3 is 15.6 Å². The van der Waals surface area contributed by atoms with Crippen LogP contribution in [0, 0.1) is 5.92 Å². The van der Waals surface area contributed by atoms with Crippen molar-refractivity contribution >= 4 is 17.9 Å². The molecule has 0 aliphatic rings. The Bertz CT molecular complexity index is 525. The van der Waals surface area contributed by atoms with E-state index >= 15 is 0 Å². The maximum Gasteiger partial charge on any atom is 0.318 e. The molecule has 0 fully saturated rings. The van der Waals surface area contributed by atoms with Gasteiger partial charge in [-0.3, -0.25) is 14.9 Å². The Kier molecular flexibility index (Phi) is 5.71. The summed E-state index contributed by atoms with van der Waals surface area (Å²) in [6.45, 7) is 3.36. The molecule has 0 saturated carbocycles. The molecule has 114 valence electrons. The molecule has 1 rings (SSSR count). The number of phenols is 1. The van der Waals surface area contributed by atoms with E-state index in [1.165, 1.54) is 12.1 Å². The minimum absolute atomic E-state index is 0.0483. The summed E-state index contributed by atoms with van der Waals surface area (Å²) in [5, 5.41) is 11.0. The molecule has 1 aromatic carbocycles. The summed E-state index contributed by atoms with van der Waals surface area (Å²) in [6, 6.07) is 5.04. The molecule has 3 amide bonds. The highest BCUT2D eigenvalue weighted by atomic mass is 16.5. The third kappa shape index (κ3) is 5.52. The van der Waals surface area contributed by atoms with E-state index in [1.807, 2.05) is 5.32 Å². The van der Waals surface area contributed by atoms with Gasteiger partial charge in [-0.2, -0.15) is 0 Å². The fourth-order valence-corrected chi connectivity index (χ4v) is 1.65. The van der Waals surface area contributed by atoms with Gasteiger partial charge in [-0.05, 0) is 23.6 Å². The van der Waals surface area contributed by atoms with Crippen LogP contribution < -0.4 is 11.1 Å². The van der Waals surface area contributed by atoms with Crippen LogP contribution in [-0.4, -0.2) is 29.1 Å². The number of urea groups is 1. The van der Waals surface area contributed by atoms with E-state index in [0.717, 1.165) is 0 Å². The number of hydrogen-bond donors (Lipinski definition) is 3. The summed E-state index contributed by atoms with van der Waals surface area (Å²) in [5.74, 6) is -1.59. The van der Waals surface area contributed by atoms with Gasteiger partial charge in [0, 0.05) is 0 Å². The Morgan fingerprint density at radius 2 is 1.81 bits per heavy atom. The van der Waals surface area contributed by atoms with Gasteiger partial charge >= 0.3 is 12.0 Å². The highest BCUT2D eigenvalue weighted by Gasteiger charge is 2.27. The van der Waals surface area contributed by atoms with Gasteiger partial charge in [-0.1, -0.05) is 26.0 Å². The molecule has 0 saturated heterocycles. The van der Waals surface area contributed by atoms with E-state index in [1.54, 1.807) is 26.0 Å². The van der Waals surface area contributed by atoms with Gasteiger partial charge in [-0.15, -0.1) is 0 Å². The average molecular weight is 294 g/mol. The van der Waals surface area contributed by atoms with Crippen LogP contribution in [-0.2, 0) is 20.7 Å². The Morgan fingerprint density at radius 3 is 2.29 bits per heavy atom. The standard InChI is InChI=1S/C14H18N2O5/c1-8(2)12(13(19)16-14(15)20)21-11(18)7-9-3-5-10(17)6-4-9/h3-6,8,12,17H,7H2,1-2H3,(H3,15,16,19,20)/t12-/m1/s1. The number of nitrogens with two attached hydrogens (primary N) is 1. The quantitative estimate of drug-likeness (QED) is 0.691. The molecule has 0 aliphatic carbocycles. The molecule has 1 aromatic rings. The van der Waals surface area contributed by atoms with Gasteiger partial charge in [0.2, 0.25) is 0 Å². The predicted octanol–water partition coefficient (Wildman–Crippen LogP) is 0.697. The van der Waals surface area contributed by atoms with Crippen molar-refractivity contribution in [1.29, 1.82) is 0 Å². The number of nitrogens with one attached hydrogen (secondary N) is 1. The van der Waals surface area contributed by atoms with E-state index in [4.69, 9.17) is 15.6 Å². The van der Waals surface area contributed by atoms with Crippen molar-refractivity contribution in [3.8, 4) is 5.75 Å². The number of carbonyl (C=O) groups is 3. The van der Waals surface area contributed by atoms with Crippen LogP contribution in [0.3, 0.4) is 0 Å². The normalized spacial score (nSPS) is 11.8. The number of esters is 1. The van der Waals surface area contributed by atoms with Gasteiger partial charge in [0.15, 0.2) is 6.10 Å². The second-order valence-corrected chi connectivity index (χ2v) is 4.85. The first-order chi connectivity index (χ1) is 9.79. The van der Waals surface area contributed by atoms with Gasteiger partial charge in [-0.25, -0.2) is 4.79 Å². The van der Waals surface area contributed by atoms with Crippen molar-refractivity contribution in [2.24, 2.45) is 11.7 Å². The third-order valence-electron chi connectivity index (χ3n) is 2.65. The maximum atomic E-state index is 11.8. The Morgan fingerprint density at radius 1 is 1.24 bits per heavy atom. The van der Waals surface area contributed by atoms with Crippen molar-refractivity contribution < 1.29 is 24.2 Å². The summed E-state index contributed by atoms with van der Waals surface area (Å²) < 4.78 is 5.09. The largest absolute Gasteiger partial charge is 0.508 e. The van der Waals surface area contributed by atoms with E-state index in [0.29, 0.717) is 5.56 Å². The Hall–Kier alpha value is -2.57. The fraction of sp³-hybridized carbons (Fsp3) is 0.357. The smallest absolute Gasteiger partial charge is 0.318 e. The van der Waals surface area contributed by atoms with Crippen LogP contribution in [0.2, 0.25) is 0 Å². The summed E-state index contributed by atoms with van der Waals surface area (Å²) >= 11 is 0. The van der Waals surface area contributed by atoms with Crippen LogP contribution in [0.5, 0.6) is 5.75 Å². The topological polar surface area (TPSA) is 119 Å². The molecule has 0 radical (unpaired) electrons. The van der Waals surface area contributed by atoms with Crippen LogP contribution in [0.15, 0.2) is 24.3 Å². The van der Waals surface area contributed by atoms with Gasteiger partial charge in [0.25, 0.3) is 5.91 Å². The lowest BCUT2D eigenvalue weighted by Crippen LogP contribution is -2.45. The van der Waals surface area contributed by atoms with Crippen molar-refractivity contribution in [1.82, 2.24) is 5.32 Å². The lowest BCUT2D eigenvalue weighted by atomic mass is 10.1. The molecule has 0 unspecified atom stereocenters. The van der Waals surface area contributed by atoms with Crippen molar-refractivity contribution in [3.63, 3.8) is 0 Å². The Balaban J connectivity index is 2.66. The highest BCUT2D eigenvalue weighted by molar-refractivity contribution is 5.96. The second kappa shape index (κ2) is 7.28. The van der Waals surface area contributed by atoms with E-state index < -0.39 is 24.0 Å². The summed E-state index contributed by atoms with van der Waals surface area (Å²) in [5.41, 5.74) is 5.50. The van der Waals surface area contributed by atoms with Crippen LogP contribution in [0.25, 0.3) is 0 Å². The Labute approximate surface area is 122 Å². The number of aromatic hydroxyl groups is 1. The molecule has 21 heavy (non-hydrogen) atoms. The lowest BCUT2D eigenvalue weighted by molar-refractivity contribution is -0.157. The number of amides is 3. The van der Waals surface area contributed by atoms with Crippen molar-refractivity contribution in [2.45, 2.75) is 26.4 Å². The number of imide groups is 1. The molecule has 0 aliphatic heterocycles. The first kappa shape index (κ1) is 16.5. The number of phenolic OH excluding ortho intramolecular Hbond substituents is 1. The second-order valence-electron chi connectivity index (χ2n) is 4.85. The molecule has 7 heteroatoms. The monoisotopic (exact) mass is 294 g/mol. The van der Waals surface area contributed by atoms with E-state index in [2.05, 4.69) is 0 Å². The van der Waals surface area contributed by atoms with Crippen molar-refractivity contribution in [3.05, 3.63) is 29.8 Å².